The lowest BCUT2D eigenvalue weighted by Gasteiger charge is -2.22. The molecule has 2 N–H and O–H groups in total. The van der Waals surface area contributed by atoms with Crippen molar-refractivity contribution in [3.63, 3.8) is 0 Å². The maximum atomic E-state index is 4.71. The second-order valence-electron chi connectivity index (χ2n) is 6.88. The van der Waals surface area contributed by atoms with Crippen molar-refractivity contribution in [2.75, 3.05) is 10.6 Å². The maximum Gasteiger partial charge on any atom is 0.223 e. The minimum atomic E-state index is 0.490. The molecule has 1 aliphatic rings. The normalized spacial score (nSPS) is 14.7. The molecule has 0 aliphatic heterocycles. The standard InChI is InChI=1S/C21H24N6/c1-2-4-18(5-3-1)26-21-24-13-9-19(27-21)17-8-12-23-20(14-17)25-15-16-6-10-22-11-7-16/h6-14,18H,1-5,15H2,(H,23,25)(H,24,26,27). The van der Waals surface area contributed by atoms with E-state index in [1.54, 1.807) is 18.6 Å². The van der Waals surface area contributed by atoms with Crippen LogP contribution in [0, 0.1) is 0 Å². The summed E-state index contributed by atoms with van der Waals surface area (Å²) in [5.41, 5.74) is 3.09. The first-order valence-corrected chi connectivity index (χ1v) is 9.55. The fourth-order valence-electron chi connectivity index (χ4n) is 3.40. The highest BCUT2D eigenvalue weighted by molar-refractivity contribution is 5.63. The molecule has 0 unspecified atom stereocenters. The summed E-state index contributed by atoms with van der Waals surface area (Å²) in [6, 6.07) is 10.4. The van der Waals surface area contributed by atoms with E-state index in [0.29, 0.717) is 18.5 Å². The van der Waals surface area contributed by atoms with Crippen molar-refractivity contribution in [3.8, 4) is 11.3 Å². The van der Waals surface area contributed by atoms with E-state index in [9.17, 15) is 0 Å². The van der Waals surface area contributed by atoms with E-state index in [2.05, 4.69) is 25.6 Å². The van der Waals surface area contributed by atoms with E-state index in [4.69, 9.17) is 4.98 Å². The molecule has 27 heavy (non-hydrogen) atoms. The van der Waals surface area contributed by atoms with Gasteiger partial charge in [-0.3, -0.25) is 4.98 Å². The smallest absolute Gasteiger partial charge is 0.223 e. The van der Waals surface area contributed by atoms with Gasteiger partial charge in [0.05, 0.1) is 5.69 Å². The van der Waals surface area contributed by atoms with Crippen molar-refractivity contribution in [2.24, 2.45) is 0 Å². The number of anilines is 2. The largest absolute Gasteiger partial charge is 0.366 e. The zero-order chi connectivity index (χ0) is 18.3. The lowest BCUT2D eigenvalue weighted by atomic mass is 9.96. The molecule has 0 radical (unpaired) electrons. The molecule has 6 heteroatoms. The van der Waals surface area contributed by atoms with Crippen molar-refractivity contribution < 1.29 is 0 Å². The van der Waals surface area contributed by atoms with Gasteiger partial charge in [0, 0.05) is 42.9 Å². The summed E-state index contributed by atoms with van der Waals surface area (Å²) in [4.78, 5) is 17.6. The average Bonchev–Trinajstić information content (AvgIpc) is 2.74. The SMILES string of the molecule is c1cc(CNc2cc(-c3ccnc(NC4CCCCC4)n3)ccn2)ccn1. The van der Waals surface area contributed by atoms with E-state index in [0.717, 1.165) is 17.1 Å². The first kappa shape index (κ1) is 17.4. The van der Waals surface area contributed by atoms with Crippen LogP contribution in [0.3, 0.4) is 0 Å². The quantitative estimate of drug-likeness (QED) is 0.683. The van der Waals surface area contributed by atoms with Crippen LogP contribution in [-0.4, -0.2) is 26.0 Å². The Morgan fingerprint density at radius 1 is 0.889 bits per heavy atom. The third kappa shape index (κ3) is 4.78. The number of nitrogens with zero attached hydrogens (tertiary/aromatic N) is 4. The van der Waals surface area contributed by atoms with Gasteiger partial charge in [0.1, 0.15) is 5.82 Å². The first-order valence-electron chi connectivity index (χ1n) is 9.55. The van der Waals surface area contributed by atoms with E-state index >= 15 is 0 Å². The summed E-state index contributed by atoms with van der Waals surface area (Å²) >= 11 is 0. The van der Waals surface area contributed by atoms with Crippen molar-refractivity contribution in [1.29, 1.82) is 0 Å². The molecule has 1 fully saturated rings. The van der Waals surface area contributed by atoms with Crippen LogP contribution in [0.5, 0.6) is 0 Å². The van der Waals surface area contributed by atoms with Gasteiger partial charge < -0.3 is 10.6 Å². The fourth-order valence-corrected chi connectivity index (χ4v) is 3.40. The monoisotopic (exact) mass is 360 g/mol. The Morgan fingerprint density at radius 3 is 2.56 bits per heavy atom. The molecule has 0 amide bonds. The van der Waals surface area contributed by atoms with E-state index in [1.165, 1.54) is 37.7 Å². The number of pyridine rings is 2. The molecule has 0 aromatic carbocycles. The molecule has 0 saturated heterocycles. The third-order valence-electron chi connectivity index (χ3n) is 4.87. The van der Waals surface area contributed by atoms with E-state index < -0.39 is 0 Å². The van der Waals surface area contributed by atoms with Gasteiger partial charge in [0.25, 0.3) is 0 Å². The van der Waals surface area contributed by atoms with Gasteiger partial charge in [0.2, 0.25) is 5.95 Å². The Bertz CT molecular complexity index is 861. The van der Waals surface area contributed by atoms with E-state index in [-0.39, 0.29) is 0 Å². The maximum absolute atomic E-state index is 4.71. The van der Waals surface area contributed by atoms with Gasteiger partial charge in [0.15, 0.2) is 0 Å². The zero-order valence-electron chi connectivity index (χ0n) is 15.3. The predicted molar refractivity (Wildman–Crippen MR) is 107 cm³/mol. The van der Waals surface area contributed by atoms with Gasteiger partial charge in [-0.2, -0.15) is 0 Å². The fraction of sp³-hybridized carbons (Fsp3) is 0.333. The zero-order valence-corrected chi connectivity index (χ0v) is 15.3. The molecule has 1 aliphatic carbocycles. The molecule has 3 heterocycles. The highest BCUT2D eigenvalue weighted by Gasteiger charge is 2.14. The highest BCUT2D eigenvalue weighted by atomic mass is 15.1. The summed E-state index contributed by atoms with van der Waals surface area (Å²) in [5.74, 6) is 1.53. The molecule has 138 valence electrons. The predicted octanol–water partition coefficient (Wildman–Crippen LogP) is 4.29. The van der Waals surface area contributed by atoms with Crippen LogP contribution in [0.15, 0.2) is 55.1 Å². The van der Waals surface area contributed by atoms with E-state index in [1.807, 2.05) is 36.5 Å². The Balaban J connectivity index is 1.45. The second kappa shape index (κ2) is 8.58. The summed E-state index contributed by atoms with van der Waals surface area (Å²) in [7, 11) is 0. The number of nitrogens with one attached hydrogen (secondary N) is 2. The molecule has 0 bridgehead atoms. The average molecular weight is 360 g/mol. The minimum absolute atomic E-state index is 0.490. The highest BCUT2D eigenvalue weighted by Crippen LogP contribution is 2.23. The van der Waals surface area contributed by atoms with Crippen molar-refractivity contribution >= 4 is 11.8 Å². The second-order valence-corrected chi connectivity index (χ2v) is 6.88. The molecule has 3 aromatic heterocycles. The summed E-state index contributed by atoms with van der Waals surface area (Å²) in [6.45, 7) is 0.706. The minimum Gasteiger partial charge on any atom is -0.366 e. The van der Waals surface area contributed by atoms with Gasteiger partial charge >= 0.3 is 0 Å². The van der Waals surface area contributed by atoms with Gasteiger partial charge in [-0.25, -0.2) is 15.0 Å². The number of aromatic nitrogens is 4. The van der Waals surface area contributed by atoms with Crippen molar-refractivity contribution in [3.05, 3.63) is 60.7 Å². The molecule has 1 saturated carbocycles. The number of hydrogen-bond donors (Lipinski definition) is 2. The van der Waals surface area contributed by atoms with Crippen LogP contribution in [0.1, 0.15) is 37.7 Å². The Morgan fingerprint density at radius 2 is 1.70 bits per heavy atom. The number of rotatable bonds is 6. The van der Waals surface area contributed by atoms with Crippen LogP contribution >= 0.6 is 0 Å². The van der Waals surface area contributed by atoms with Gasteiger partial charge in [-0.1, -0.05) is 19.3 Å². The summed E-state index contributed by atoms with van der Waals surface area (Å²) in [5, 5.41) is 6.85. The van der Waals surface area contributed by atoms with Crippen LogP contribution in [0.25, 0.3) is 11.3 Å². The molecule has 3 aromatic rings. The topological polar surface area (TPSA) is 75.6 Å². The molecule has 0 atom stereocenters. The van der Waals surface area contributed by atoms with Crippen molar-refractivity contribution in [1.82, 2.24) is 19.9 Å². The van der Waals surface area contributed by atoms with Gasteiger partial charge in [-0.05, 0) is 48.7 Å². The van der Waals surface area contributed by atoms with Crippen LogP contribution < -0.4 is 10.6 Å². The first-order chi connectivity index (χ1) is 13.4. The Labute approximate surface area is 159 Å². The lowest BCUT2D eigenvalue weighted by molar-refractivity contribution is 0.461. The Hall–Kier alpha value is -3.02. The summed E-state index contributed by atoms with van der Waals surface area (Å²) < 4.78 is 0. The Kier molecular flexibility index (Phi) is 5.53. The molecule has 6 nitrogen and oxygen atoms in total. The molecular formula is C21H24N6. The van der Waals surface area contributed by atoms with Crippen LogP contribution in [-0.2, 0) is 6.54 Å². The third-order valence-corrected chi connectivity index (χ3v) is 4.87. The summed E-state index contributed by atoms with van der Waals surface area (Å²) in [6.07, 6.45) is 13.5. The lowest BCUT2D eigenvalue weighted by Crippen LogP contribution is -2.23. The van der Waals surface area contributed by atoms with Crippen molar-refractivity contribution in [2.45, 2.75) is 44.7 Å². The van der Waals surface area contributed by atoms with Crippen LogP contribution in [0.2, 0.25) is 0 Å². The molecular weight excluding hydrogens is 336 g/mol. The molecule has 0 spiro atoms. The van der Waals surface area contributed by atoms with Gasteiger partial charge in [-0.15, -0.1) is 0 Å². The molecule has 4 rings (SSSR count). The number of hydrogen-bond acceptors (Lipinski definition) is 6. The van der Waals surface area contributed by atoms with Crippen LogP contribution in [0.4, 0.5) is 11.8 Å².